The van der Waals surface area contributed by atoms with E-state index in [0.29, 0.717) is 0 Å². The first-order valence-corrected chi connectivity index (χ1v) is 4.14. The topological polar surface area (TPSA) is 63.8 Å². The SMILES string of the molecule is C=CCC(NN)c1ccnc(C)n1. The standard InChI is InChI=1S/C9H14N4/c1-3-4-9(13-10)8-5-6-11-7(2)12-8/h3,5-6,9,13H,1,4,10H2,2H3. The second-order valence-corrected chi connectivity index (χ2v) is 2.77. The fraction of sp³-hybridized carbons (Fsp3) is 0.333. The molecule has 0 spiro atoms. The molecule has 0 aliphatic rings. The number of nitrogens with two attached hydrogens (primary N) is 1. The number of aryl methyl sites for hydroxylation is 1. The molecule has 0 amide bonds. The van der Waals surface area contributed by atoms with Crippen molar-refractivity contribution in [3.63, 3.8) is 0 Å². The van der Waals surface area contributed by atoms with E-state index >= 15 is 0 Å². The predicted octanol–water partition coefficient (Wildman–Crippen LogP) is 0.866. The number of hydrazine groups is 1. The van der Waals surface area contributed by atoms with E-state index in [1.807, 2.05) is 19.1 Å². The highest BCUT2D eigenvalue weighted by Crippen LogP contribution is 2.12. The number of nitrogens with one attached hydrogen (secondary N) is 1. The fourth-order valence-corrected chi connectivity index (χ4v) is 1.11. The quantitative estimate of drug-likeness (QED) is 0.408. The Labute approximate surface area is 77.9 Å². The summed E-state index contributed by atoms with van der Waals surface area (Å²) in [5, 5.41) is 0. The zero-order valence-electron chi connectivity index (χ0n) is 7.70. The highest BCUT2D eigenvalue weighted by molar-refractivity contribution is 5.08. The first-order chi connectivity index (χ1) is 6.27. The highest BCUT2D eigenvalue weighted by atomic mass is 15.2. The van der Waals surface area contributed by atoms with Crippen LogP contribution in [0.25, 0.3) is 0 Å². The summed E-state index contributed by atoms with van der Waals surface area (Å²) in [6.07, 6.45) is 4.29. The van der Waals surface area contributed by atoms with Crippen molar-refractivity contribution in [3.8, 4) is 0 Å². The molecule has 0 saturated carbocycles. The lowest BCUT2D eigenvalue weighted by molar-refractivity contribution is 0.544. The van der Waals surface area contributed by atoms with Gasteiger partial charge in [-0.05, 0) is 19.4 Å². The van der Waals surface area contributed by atoms with Crippen molar-refractivity contribution in [1.29, 1.82) is 0 Å². The fourth-order valence-electron chi connectivity index (χ4n) is 1.11. The third-order valence-electron chi connectivity index (χ3n) is 1.76. The lowest BCUT2D eigenvalue weighted by Gasteiger charge is -2.12. The molecular weight excluding hydrogens is 164 g/mol. The molecule has 4 heteroatoms. The van der Waals surface area contributed by atoms with Crippen LogP contribution in [0.15, 0.2) is 24.9 Å². The van der Waals surface area contributed by atoms with Gasteiger partial charge in [0.05, 0.1) is 11.7 Å². The summed E-state index contributed by atoms with van der Waals surface area (Å²) in [6.45, 7) is 5.51. The Bertz CT molecular complexity index is 285. The van der Waals surface area contributed by atoms with Gasteiger partial charge in [-0.25, -0.2) is 9.97 Å². The molecule has 0 saturated heterocycles. The third kappa shape index (κ3) is 2.61. The summed E-state index contributed by atoms with van der Waals surface area (Å²) < 4.78 is 0. The van der Waals surface area contributed by atoms with Crippen LogP contribution in [0.3, 0.4) is 0 Å². The monoisotopic (exact) mass is 178 g/mol. The van der Waals surface area contributed by atoms with Crippen molar-refractivity contribution in [2.24, 2.45) is 5.84 Å². The molecule has 0 aliphatic heterocycles. The van der Waals surface area contributed by atoms with Gasteiger partial charge in [-0.15, -0.1) is 6.58 Å². The van der Waals surface area contributed by atoms with E-state index in [1.54, 1.807) is 6.20 Å². The van der Waals surface area contributed by atoms with Gasteiger partial charge in [-0.1, -0.05) is 6.08 Å². The van der Waals surface area contributed by atoms with Gasteiger partial charge in [0, 0.05) is 6.20 Å². The second kappa shape index (κ2) is 4.69. The molecule has 1 aromatic rings. The van der Waals surface area contributed by atoms with Crippen LogP contribution in [-0.2, 0) is 0 Å². The van der Waals surface area contributed by atoms with Gasteiger partial charge in [0.15, 0.2) is 0 Å². The van der Waals surface area contributed by atoms with E-state index in [2.05, 4.69) is 22.0 Å². The Balaban J connectivity index is 2.84. The van der Waals surface area contributed by atoms with E-state index in [4.69, 9.17) is 5.84 Å². The summed E-state index contributed by atoms with van der Waals surface area (Å²) in [6, 6.07) is 1.88. The summed E-state index contributed by atoms with van der Waals surface area (Å²) in [5.41, 5.74) is 3.58. The van der Waals surface area contributed by atoms with Crippen LogP contribution in [0.4, 0.5) is 0 Å². The normalized spacial score (nSPS) is 12.5. The molecule has 1 aromatic heterocycles. The molecule has 1 atom stereocenters. The van der Waals surface area contributed by atoms with Gasteiger partial charge in [-0.3, -0.25) is 11.3 Å². The molecular formula is C9H14N4. The molecule has 13 heavy (non-hydrogen) atoms. The first kappa shape index (κ1) is 9.83. The Kier molecular flexibility index (Phi) is 3.54. The minimum atomic E-state index is 0.0270. The van der Waals surface area contributed by atoms with Crippen molar-refractivity contribution in [1.82, 2.24) is 15.4 Å². The van der Waals surface area contributed by atoms with Crippen molar-refractivity contribution in [2.45, 2.75) is 19.4 Å². The van der Waals surface area contributed by atoms with Gasteiger partial charge in [-0.2, -0.15) is 0 Å². The number of aromatic nitrogens is 2. The van der Waals surface area contributed by atoms with Crippen molar-refractivity contribution in [3.05, 3.63) is 36.4 Å². The number of rotatable bonds is 4. The van der Waals surface area contributed by atoms with Crippen LogP contribution < -0.4 is 11.3 Å². The van der Waals surface area contributed by atoms with Gasteiger partial charge >= 0.3 is 0 Å². The maximum atomic E-state index is 5.38. The maximum Gasteiger partial charge on any atom is 0.125 e. The van der Waals surface area contributed by atoms with Crippen LogP contribution in [0.5, 0.6) is 0 Å². The minimum absolute atomic E-state index is 0.0270. The van der Waals surface area contributed by atoms with Gasteiger partial charge in [0.25, 0.3) is 0 Å². The molecule has 0 aliphatic carbocycles. The number of nitrogens with zero attached hydrogens (tertiary/aromatic N) is 2. The predicted molar refractivity (Wildman–Crippen MR) is 51.6 cm³/mol. The molecule has 70 valence electrons. The summed E-state index contributed by atoms with van der Waals surface area (Å²) in [4.78, 5) is 8.27. The van der Waals surface area contributed by atoms with Gasteiger partial charge in [0.1, 0.15) is 5.82 Å². The van der Waals surface area contributed by atoms with Gasteiger partial charge < -0.3 is 0 Å². The maximum absolute atomic E-state index is 5.38. The van der Waals surface area contributed by atoms with Crippen LogP contribution in [0, 0.1) is 6.92 Å². The van der Waals surface area contributed by atoms with E-state index < -0.39 is 0 Å². The average Bonchev–Trinajstić information content (AvgIpc) is 2.14. The Morgan fingerprint density at radius 3 is 3.08 bits per heavy atom. The molecule has 0 fully saturated rings. The van der Waals surface area contributed by atoms with E-state index in [1.165, 1.54) is 0 Å². The summed E-state index contributed by atoms with van der Waals surface area (Å²) >= 11 is 0. The zero-order valence-corrected chi connectivity index (χ0v) is 7.70. The van der Waals surface area contributed by atoms with Crippen molar-refractivity contribution < 1.29 is 0 Å². The molecule has 0 radical (unpaired) electrons. The van der Waals surface area contributed by atoms with E-state index in [9.17, 15) is 0 Å². The first-order valence-electron chi connectivity index (χ1n) is 4.14. The number of hydrogen-bond donors (Lipinski definition) is 2. The lowest BCUT2D eigenvalue weighted by atomic mass is 10.1. The third-order valence-corrected chi connectivity index (χ3v) is 1.76. The van der Waals surface area contributed by atoms with Crippen molar-refractivity contribution in [2.75, 3.05) is 0 Å². The molecule has 3 N–H and O–H groups in total. The van der Waals surface area contributed by atoms with Crippen LogP contribution in [-0.4, -0.2) is 9.97 Å². The van der Waals surface area contributed by atoms with Crippen LogP contribution in [0.2, 0.25) is 0 Å². The zero-order chi connectivity index (χ0) is 9.68. The average molecular weight is 178 g/mol. The molecule has 1 rings (SSSR count). The molecule has 1 unspecified atom stereocenters. The van der Waals surface area contributed by atoms with E-state index in [0.717, 1.165) is 17.9 Å². The molecule has 4 nitrogen and oxygen atoms in total. The molecule has 0 aromatic carbocycles. The van der Waals surface area contributed by atoms with Crippen LogP contribution >= 0.6 is 0 Å². The Hall–Kier alpha value is -1.26. The Morgan fingerprint density at radius 1 is 1.77 bits per heavy atom. The molecule has 0 bridgehead atoms. The van der Waals surface area contributed by atoms with Gasteiger partial charge in [0.2, 0.25) is 0 Å². The number of hydrogen-bond acceptors (Lipinski definition) is 4. The van der Waals surface area contributed by atoms with E-state index in [-0.39, 0.29) is 6.04 Å². The molecule has 1 heterocycles. The second-order valence-electron chi connectivity index (χ2n) is 2.77. The largest absolute Gasteiger partial charge is 0.271 e. The summed E-state index contributed by atoms with van der Waals surface area (Å²) in [7, 11) is 0. The lowest BCUT2D eigenvalue weighted by Crippen LogP contribution is -2.28. The van der Waals surface area contributed by atoms with Crippen LogP contribution in [0.1, 0.15) is 24.0 Å². The van der Waals surface area contributed by atoms with Crippen molar-refractivity contribution >= 4 is 0 Å². The minimum Gasteiger partial charge on any atom is -0.271 e. The Morgan fingerprint density at radius 2 is 2.54 bits per heavy atom. The highest BCUT2D eigenvalue weighted by Gasteiger charge is 2.08. The smallest absolute Gasteiger partial charge is 0.125 e. The summed E-state index contributed by atoms with van der Waals surface area (Å²) in [5.74, 6) is 6.13.